The van der Waals surface area contributed by atoms with Gasteiger partial charge in [-0.1, -0.05) is 32.9 Å². The minimum atomic E-state index is -2.41. The van der Waals surface area contributed by atoms with Crippen LogP contribution >= 0.6 is 0 Å². The summed E-state index contributed by atoms with van der Waals surface area (Å²) in [5.74, 6) is -1.18. The summed E-state index contributed by atoms with van der Waals surface area (Å²) >= 11 is 0. The summed E-state index contributed by atoms with van der Waals surface area (Å²) < 4.78 is 25.2. The summed E-state index contributed by atoms with van der Waals surface area (Å²) in [6.45, 7) is 10.4. The van der Waals surface area contributed by atoms with Crippen molar-refractivity contribution in [2.24, 2.45) is 17.8 Å². The zero-order valence-electron chi connectivity index (χ0n) is 9.32. The molecular formula is C12H20F2. The van der Waals surface area contributed by atoms with Crippen molar-refractivity contribution in [1.82, 2.24) is 0 Å². The van der Waals surface area contributed by atoms with Crippen molar-refractivity contribution < 1.29 is 8.78 Å². The first-order chi connectivity index (χ1) is 6.32. The molecular weight excluding hydrogens is 182 g/mol. The van der Waals surface area contributed by atoms with Gasteiger partial charge in [0.1, 0.15) is 0 Å². The summed E-state index contributed by atoms with van der Waals surface area (Å²) in [7, 11) is 0. The third-order valence-corrected chi connectivity index (χ3v) is 3.39. The lowest BCUT2D eigenvalue weighted by Crippen LogP contribution is -2.36. The number of hydrogen-bond donors (Lipinski definition) is 0. The maximum absolute atomic E-state index is 12.6. The predicted molar refractivity (Wildman–Crippen MR) is 55.4 cm³/mol. The topological polar surface area (TPSA) is 0 Å². The summed E-state index contributed by atoms with van der Waals surface area (Å²) in [5, 5.41) is 0. The number of rotatable bonds is 4. The second-order valence-corrected chi connectivity index (χ2v) is 5.04. The van der Waals surface area contributed by atoms with Crippen LogP contribution in [0.4, 0.5) is 8.78 Å². The second kappa shape index (κ2) is 4.00. The van der Waals surface area contributed by atoms with Gasteiger partial charge in [-0.05, 0) is 24.2 Å². The van der Waals surface area contributed by atoms with E-state index >= 15 is 0 Å². The number of alkyl halides is 2. The molecule has 0 bridgehead atoms. The van der Waals surface area contributed by atoms with Gasteiger partial charge in [0.25, 0.3) is 0 Å². The molecule has 0 aromatic heterocycles. The molecule has 1 unspecified atom stereocenters. The van der Waals surface area contributed by atoms with Gasteiger partial charge in [0, 0.05) is 12.8 Å². The SMILES string of the molecule is C=C(CC(C)C(C)C)C1CC(F)(F)C1. The number of allylic oxidation sites excluding steroid dienone is 1. The minimum absolute atomic E-state index is 0.0245. The van der Waals surface area contributed by atoms with Crippen LogP contribution in [0.3, 0.4) is 0 Å². The number of halogens is 2. The van der Waals surface area contributed by atoms with Gasteiger partial charge in [-0.15, -0.1) is 0 Å². The summed E-state index contributed by atoms with van der Waals surface area (Å²) in [6, 6.07) is 0. The fraction of sp³-hybridized carbons (Fsp3) is 0.833. The minimum Gasteiger partial charge on any atom is -0.207 e. The molecule has 0 spiro atoms. The molecule has 1 saturated carbocycles. The third kappa shape index (κ3) is 2.79. The Labute approximate surface area is 85.4 Å². The van der Waals surface area contributed by atoms with Crippen molar-refractivity contribution in [2.75, 3.05) is 0 Å². The van der Waals surface area contributed by atoms with Crippen LogP contribution in [-0.2, 0) is 0 Å². The first-order valence-corrected chi connectivity index (χ1v) is 5.37. The molecule has 1 aliphatic rings. The number of hydrogen-bond acceptors (Lipinski definition) is 0. The third-order valence-electron chi connectivity index (χ3n) is 3.39. The van der Waals surface area contributed by atoms with Gasteiger partial charge in [0.15, 0.2) is 0 Å². The van der Waals surface area contributed by atoms with Crippen LogP contribution in [0.15, 0.2) is 12.2 Å². The molecule has 0 aromatic rings. The van der Waals surface area contributed by atoms with Crippen molar-refractivity contribution in [3.8, 4) is 0 Å². The molecule has 0 aromatic carbocycles. The highest BCUT2D eigenvalue weighted by molar-refractivity contribution is 5.09. The van der Waals surface area contributed by atoms with Gasteiger partial charge < -0.3 is 0 Å². The van der Waals surface area contributed by atoms with Crippen LogP contribution in [0.25, 0.3) is 0 Å². The lowest BCUT2D eigenvalue weighted by atomic mass is 9.73. The molecule has 0 N–H and O–H groups in total. The maximum Gasteiger partial charge on any atom is 0.249 e. The van der Waals surface area contributed by atoms with Crippen molar-refractivity contribution in [2.45, 2.75) is 46.0 Å². The summed E-state index contributed by atoms with van der Waals surface area (Å²) in [4.78, 5) is 0. The Kier molecular flexibility index (Phi) is 3.33. The largest absolute Gasteiger partial charge is 0.249 e. The lowest BCUT2D eigenvalue weighted by Gasteiger charge is -2.37. The fourth-order valence-electron chi connectivity index (χ4n) is 1.77. The zero-order chi connectivity index (χ0) is 10.9. The van der Waals surface area contributed by atoms with Gasteiger partial charge in [-0.3, -0.25) is 0 Å². The van der Waals surface area contributed by atoms with Gasteiger partial charge in [-0.2, -0.15) is 0 Å². The van der Waals surface area contributed by atoms with Crippen molar-refractivity contribution in [3.05, 3.63) is 12.2 Å². The van der Waals surface area contributed by atoms with E-state index in [4.69, 9.17) is 0 Å². The zero-order valence-corrected chi connectivity index (χ0v) is 9.32. The van der Waals surface area contributed by atoms with Crippen molar-refractivity contribution >= 4 is 0 Å². The Morgan fingerprint density at radius 2 is 1.86 bits per heavy atom. The lowest BCUT2D eigenvalue weighted by molar-refractivity contribution is -0.100. The molecule has 1 fully saturated rings. The van der Waals surface area contributed by atoms with Gasteiger partial charge in [-0.25, -0.2) is 8.78 Å². The Hall–Kier alpha value is -0.400. The Morgan fingerprint density at radius 1 is 1.36 bits per heavy atom. The molecule has 82 valence electrons. The Morgan fingerprint density at radius 3 is 2.21 bits per heavy atom. The molecule has 0 radical (unpaired) electrons. The molecule has 2 heteroatoms. The van der Waals surface area contributed by atoms with E-state index in [1.165, 1.54) is 0 Å². The van der Waals surface area contributed by atoms with E-state index in [1.807, 2.05) is 0 Å². The van der Waals surface area contributed by atoms with E-state index in [1.54, 1.807) is 0 Å². The van der Waals surface area contributed by atoms with Crippen molar-refractivity contribution in [3.63, 3.8) is 0 Å². The van der Waals surface area contributed by atoms with Gasteiger partial charge >= 0.3 is 0 Å². The van der Waals surface area contributed by atoms with Crippen molar-refractivity contribution in [1.29, 1.82) is 0 Å². The van der Waals surface area contributed by atoms with Crippen LogP contribution < -0.4 is 0 Å². The van der Waals surface area contributed by atoms with Gasteiger partial charge in [0.2, 0.25) is 5.92 Å². The van der Waals surface area contributed by atoms with E-state index in [-0.39, 0.29) is 18.8 Å². The van der Waals surface area contributed by atoms with E-state index < -0.39 is 5.92 Å². The molecule has 0 amide bonds. The van der Waals surface area contributed by atoms with E-state index in [2.05, 4.69) is 27.4 Å². The molecule has 1 aliphatic carbocycles. The van der Waals surface area contributed by atoms with Crippen LogP contribution in [0.2, 0.25) is 0 Å². The Balaban J connectivity index is 2.31. The predicted octanol–water partition coefficient (Wildman–Crippen LogP) is 4.27. The van der Waals surface area contributed by atoms with Crippen LogP contribution in [0.5, 0.6) is 0 Å². The van der Waals surface area contributed by atoms with Crippen LogP contribution in [0, 0.1) is 17.8 Å². The highest BCUT2D eigenvalue weighted by Gasteiger charge is 2.46. The van der Waals surface area contributed by atoms with Gasteiger partial charge in [0.05, 0.1) is 0 Å². The van der Waals surface area contributed by atoms with E-state index in [9.17, 15) is 8.78 Å². The molecule has 0 nitrogen and oxygen atoms in total. The monoisotopic (exact) mass is 202 g/mol. The fourth-order valence-corrected chi connectivity index (χ4v) is 1.77. The maximum atomic E-state index is 12.6. The molecule has 0 heterocycles. The first kappa shape index (κ1) is 11.7. The van der Waals surface area contributed by atoms with Crippen LogP contribution in [-0.4, -0.2) is 5.92 Å². The average Bonchev–Trinajstić information content (AvgIpc) is 1.99. The summed E-state index contributed by atoms with van der Waals surface area (Å²) in [5.41, 5.74) is 1.03. The smallest absolute Gasteiger partial charge is 0.207 e. The average molecular weight is 202 g/mol. The Bertz CT molecular complexity index is 210. The standard InChI is InChI=1S/C12H20F2/c1-8(2)9(3)5-10(4)11-6-12(13,14)7-11/h8-9,11H,4-7H2,1-3H3. The highest BCUT2D eigenvalue weighted by Crippen LogP contribution is 2.47. The molecule has 1 atom stereocenters. The molecule has 14 heavy (non-hydrogen) atoms. The first-order valence-electron chi connectivity index (χ1n) is 5.37. The normalized spacial score (nSPS) is 23.3. The summed E-state index contributed by atoms with van der Waals surface area (Å²) in [6.07, 6.45) is 0.950. The van der Waals surface area contributed by atoms with E-state index in [0.29, 0.717) is 11.8 Å². The second-order valence-electron chi connectivity index (χ2n) is 5.04. The molecule has 0 aliphatic heterocycles. The highest BCUT2D eigenvalue weighted by atomic mass is 19.3. The van der Waals surface area contributed by atoms with Crippen LogP contribution in [0.1, 0.15) is 40.0 Å². The molecule has 1 rings (SSSR count). The molecule has 0 saturated heterocycles. The quantitative estimate of drug-likeness (QED) is 0.597. The van der Waals surface area contributed by atoms with E-state index in [0.717, 1.165) is 12.0 Å².